The molecule has 0 saturated carbocycles. The smallest absolute Gasteiger partial charge is 0.417 e. The number of nitrogens with one attached hydrogen (secondary N) is 1. The molecule has 0 fully saturated rings. The number of hydrogen-bond donors (Lipinski definition) is 1. The monoisotopic (exact) mass is 418 g/mol. The van der Waals surface area contributed by atoms with Crippen LogP contribution in [0.5, 0.6) is 5.75 Å². The van der Waals surface area contributed by atoms with Crippen LogP contribution in [-0.4, -0.2) is 30.8 Å². The molecular formula is C18H25F3N2O4Si. The predicted octanol–water partition coefficient (Wildman–Crippen LogP) is 4.00. The number of alkyl halides is 3. The van der Waals surface area contributed by atoms with E-state index in [4.69, 9.17) is 4.43 Å². The first-order valence-corrected chi connectivity index (χ1v) is 11.8. The molecule has 0 amide bonds. The maximum absolute atomic E-state index is 12.6. The summed E-state index contributed by atoms with van der Waals surface area (Å²) in [6, 6.07) is 3.23. The van der Waals surface area contributed by atoms with Crippen molar-refractivity contribution in [1.29, 1.82) is 0 Å². The Balaban J connectivity index is 2.21. The van der Waals surface area contributed by atoms with Gasteiger partial charge in [-0.05, 0) is 42.8 Å². The summed E-state index contributed by atoms with van der Waals surface area (Å²) in [5.74, 6) is -0.517. The standard InChI is InChI=1S/C18H25F3N2O4Si/c1-17(2,3)28(4,5)26-10-6-9-23-15(24)13-11-12(27-18(19,20)21)7-8-14(13)22-16(23)25/h7-8,11H,6,9-10H2,1-5H3,(H,22,25). The van der Waals surface area contributed by atoms with Crippen molar-refractivity contribution in [2.45, 2.75) is 58.2 Å². The van der Waals surface area contributed by atoms with Gasteiger partial charge in [0.15, 0.2) is 8.32 Å². The van der Waals surface area contributed by atoms with Gasteiger partial charge in [-0.25, -0.2) is 4.79 Å². The van der Waals surface area contributed by atoms with Gasteiger partial charge < -0.3 is 14.1 Å². The Bertz CT molecular complexity index is 958. The lowest BCUT2D eigenvalue weighted by Gasteiger charge is -2.36. The van der Waals surface area contributed by atoms with E-state index >= 15 is 0 Å². The average molecular weight is 418 g/mol. The highest BCUT2D eigenvalue weighted by Gasteiger charge is 2.36. The van der Waals surface area contributed by atoms with Crippen LogP contribution in [-0.2, 0) is 11.0 Å². The van der Waals surface area contributed by atoms with E-state index in [9.17, 15) is 22.8 Å². The molecule has 1 heterocycles. The van der Waals surface area contributed by atoms with Gasteiger partial charge in [0, 0.05) is 13.2 Å². The first-order valence-electron chi connectivity index (χ1n) is 8.88. The van der Waals surface area contributed by atoms with Crippen LogP contribution in [0.2, 0.25) is 18.1 Å². The highest BCUT2D eigenvalue weighted by atomic mass is 28.4. The molecule has 0 bridgehead atoms. The molecule has 1 N–H and O–H groups in total. The quantitative estimate of drug-likeness (QED) is 0.568. The number of hydrogen-bond acceptors (Lipinski definition) is 4. The van der Waals surface area contributed by atoms with Crippen LogP contribution in [0.15, 0.2) is 27.8 Å². The van der Waals surface area contributed by atoms with Gasteiger partial charge in [0.05, 0.1) is 10.9 Å². The molecule has 0 radical (unpaired) electrons. The minimum atomic E-state index is -4.87. The van der Waals surface area contributed by atoms with Crippen LogP contribution >= 0.6 is 0 Å². The van der Waals surface area contributed by atoms with Gasteiger partial charge in [-0.3, -0.25) is 9.36 Å². The van der Waals surface area contributed by atoms with Crippen molar-refractivity contribution < 1.29 is 22.3 Å². The largest absolute Gasteiger partial charge is 0.573 e. The molecule has 6 nitrogen and oxygen atoms in total. The summed E-state index contributed by atoms with van der Waals surface area (Å²) >= 11 is 0. The van der Waals surface area contributed by atoms with Gasteiger partial charge in [-0.15, -0.1) is 13.2 Å². The lowest BCUT2D eigenvalue weighted by Crippen LogP contribution is -2.41. The Morgan fingerprint density at radius 3 is 2.36 bits per heavy atom. The van der Waals surface area contributed by atoms with E-state index in [-0.39, 0.29) is 22.5 Å². The van der Waals surface area contributed by atoms with Crippen molar-refractivity contribution in [3.8, 4) is 5.75 Å². The van der Waals surface area contributed by atoms with Gasteiger partial charge in [0.2, 0.25) is 0 Å². The zero-order valence-electron chi connectivity index (χ0n) is 16.6. The number of aromatic amines is 1. The predicted molar refractivity (Wildman–Crippen MR) is 103 cm³/mol. The molecule has 1 aromatic carbocycles. The fourth-order valence-electron chi connectivity index (χ4n) is 2.40. The molecule has 2 rings (SSSR count). The Morgan fingerprint density at radius 2 is 1.79 bits per heavy atom. The number of nitrogens with zero attached hydrogens (tertiary/aromatic N) is 1. The fourth-order valence-corrected chi connectivity index (χ4v) is 3.48. The summed E-state index contributed by atoms with van der Waals surface area (Å²) < 4.78 is 48.0. The van der Waals surface area contributed by atoms with E-state index in [1.165, 1.54) is 6.07 Å². The Labute approximate surface area is 161 Å². The van der Waals surface area contributed by atoms with Crippen molar-refractivity contribution in [1.82, 2.24) is 9.55 Å². The van der Waals surface area contributed by atoms with E-state index in [1.807, 2.05) is 0 Å². The second kappa shape index (κ2) is 7.74. The van der Waals surface area contributed by atoms with Crippen LogP contribution in [0.25, 0.3) is 10.9 Å². The number of halogens is 3. The molecule has 2 aromatic rings. The van der Waals surface area contributed by atoms with Crippen LogP contribution in [0.1, 0.15) is 27.2 Å². The summed E-state index contributed by atoms with van der Waals surface area (Å²) in [6.45, 7) is 11.0. The van der Waals surface area contributed by atoms with E-state index in [0.29, 0.717) is 13.0 Å². The van der Waals surface area contributed by atoms with Crippen LogP contribution < -0.4 is 16.0 Å². The number of ether oxygens (including phenoxy) is 1. The number of H-pyrrole nitrogens is 1. The molecule has 0 spiro atoms. The Morgan fingerprint density at radius 1 is 1.14 bits per heavy atom. The van der Waals surface area contributed by atoms with Crippen molar-refractivity contribution >= 4 is 19.2 Å². The van der Waals surface area contributed by atoms with Gasteiger partial charge in [-0.2, -0.15) is 0 Å². The molecule has 0 aliphatic carbocycles. The minimum absolute atomic E-state index is 0.0408. The van der Waals surface area contributed by atoms with E-state index in [2.05, 4.69) is 43.6 Å². The van der Waals surface area contributed by atoms with Crippen LogP contribution in [0.3, 0.4) is 0 Å². The molecule has 0 unspecified atom stereocenters. The summed E-state index contributed by atoms with van der Waals surface area (Å²) in [4.78, 5) is 27.3. The van der Waals surface area contributed by atoms with Gasteiger partial charge in [0.25, 0.3) is 5.56 Å². The average Bonchev–Trinajstić information content (AvgIpc) is 2.52. The summed E-state index contributed by atoms with van der Waals surface area (Å²) in [6.07, 6.45) is -4.43. The number of rotatable bonds is 6. The maximum atomic E-state index is 12.6. The molecule has 1 aromatic heterocycles. The summed E-state index contributed by atoms with van der Waals surface area (Å²) in [7, 11) is -1.94. The number of benzene rings is 1. The first kappa shape index (κ1) is 22.2. The molecule has 10 heteroatoms. The van der Waals surface area contributed by atoms with Crippen molar-refractivity contribution in [3.63, 3.8) is 0 Å². The highest BCUT2D eigenvalue weighted by Crippen LogP contribution is 2.36. The highest BCUT2D eigenvalue weighted by molar-refractivity contribution is 6.74. The fraction of sp³-hybridized carbons (Fsp3) is 0.556. The minimum Gasteiger partial charge on any atom is -0.417 e. The van der Waals surface area contributed by atoms with Crippen LogP contribution in [0.4, 0.5) is 13.2 Å². The van der Waals surface area contributed by atoms with E-state index in [1.54, 1.807) is 0 Å². The topological polar surface area (TPSA) is 73.3 Å². The van der Waals surface area contributed by atoms with Gasteiger partial charge in [0.1, 0.15) is 5.75 Å². The van der Waals surface area contributed by atoms with Crippen molar-refractivity contribution in [2.75, 3.05) is 6.61 Å². The molecule has 0 aliphatic heterocycles. The van der Waals surface area contributed by atoms with Gasteiger partial charge in [-0.1, -0.05) is 20.8 Å². The lowest BCUT2D eigenvalue weighted by molar-refractivity contribution is -0.274. The number of aromatic nitrogens is 2. The second-order valence-electron chi connectivity index (χ2n) is 8.10. The summed E-state index contributed by atoms with van der Waals surface area (Å²) in [5, 5.41) is -0.00857. The summed E-state index contributed by atoms with van der Waals surface area (Å²) in [5.41, 5.74) is -1.13. The second-order valence-corrected chi connectivity index (χ2v) is 12.9. The molecule has 0 aliphatic rings. The first-order chi connectivity index (χ1) is 12.7. The number of fused-ring (bicyclic) bond motifs is 1. The zero-order valence-corrected chi connectivity index (χ0v) is 17.6. The SMILES string of the molecule is CC(C)(C)[Si](C)(C)OCCCn1c(=O)[nH]c2ccc(OC(F)(F)F)cc2c1=O. The lowest BCUT2D eigenvalue weighted by atomic mass is 10.2. The van der Waals surface area contributed by atoms with E-state index in [0.717, 1.165) is 16.7 Å². The normalized spacial score (nSPS) is 13.1. The molecule has 0 atom stereocenters. The third kappa shape index (κ3) is 5.25. The molecule has 156 valence electrons. The van der Waals surface area contributed by atoms with Crippen molar-refractivity contribution in [3.05, 3.63) is 39.0 Å². The zero-order chi connectivity index (χ0) is 21.3. The third-order valence-electron chi connectivity index (χ3n) is 4.98. The Hall–Kier alpha value is -2.07. The molecular weight excluding hydrogens is 393 g/mol. The Kier molecular flexibility index (Phi) is 6.15. The van der Waals surface area contributed by atoms with E-state index < -0.39 is 31.7 Å². The molecule has 0 saturated heterocycles. The van der Waals surface area contributed by atoms with Crippen LogP contribution in [0, 0.1) is 0 Å². The molecule has 28 heavy (non-hydrogen) atoms. The third-order valence-corrected chi connectivity index (χ3v) is 9.52. The maximum Gasteiger partial charge on any atom is 0.573 e. The van der Waals surface area contributed by atoms with Gasteiger partial charge >= 0.3 is 12.1 Å². The van der Waals surface area contributed by atoms with Crippen molar-refractivity contribution in [2.24, 2.45) is 0 Å².